The molecule has 98 valence electrons. The van der Waals surface area contributed by atoms with Crippen LogP contribution in [0.15, 0.2) is 0 Å². The number of hydrogen-bond donors (Lipinski definition) is 0. The van der Waals surface area contributed by atoms with Gasteiger partial charge in [0.1, 0.15) is 0 Å². The van der Waals surface area contributed by atoms with Gasteiger partial charge in [0, 0.05) is 0 Å². The van der Waals surface area contributed by atoms with E-state index in [1.54, 1.807) is 0 Å². The lowest BCUT2D eigenvalue weighted by molar-refractivity contribution is 1.90. The minimum Gasteiger partial charge on any atom is -0.111 e. The van der Waals surface area contributed by atoms with Crippen LogP contribution < -0.4 is 0 Å². The molecule has 0 aliphatic carbocycles. The van der Waals surface area contributed by atoms with E-state index in [9.17, 15) is 0 Å². The molecule has 0 bridgehead atoms. The van der Waals surface area contributed by atoms with Crippen LogP contribution in [0.2, 0.25) is 13.1 Å². The molecule has 0 aliphatic heterocycles. The summed E-state index contributed by atoms with van der Waals surface area (Å²) in [6.07, 6.45) is 0. The monoisotopic (exact) mass is 290 g/mol. The maximum absolute atomic E-state index is 3.15. The van der Waals surface area contributed by atoms with Crippen LogP contribution in [0.1, 0.15) is 27.7 Å². The lowest BCUT2D eigenvalue weighted by atomic mass is 10.7. The van der Waals surface area contributed by atoms with Gasteiger partial charge in [0.2, 0.25) is 0 Å². The molecule has 20 heavy (non-hydrogen) atoms. The van der Waals surface area contributed by atoms with Gasteiger partial charge < -0.3 is 0 Å². The van der Waals surface area contributed by atoms with Crippen LogP contribution in [0.4, 0.5) is 0 Å². The molecule has 0 amide bonds. The molecule has 0 rings (SSSR count). The fourth-order valence-electron chi connectivity index (χ4n) is 1.50. The van der Waals surface area contributed by atoms with Gasteiger partial charge in [-0.15, -0.1) is 45.9 Å². The number of rotatable bonds is 0. The molecule has 0 nitrogen and oxygen atoms in total. The molecule has 0 heterocycles. The Bertz CT molecular complexity index is 612. The molecule has 0 fully saturated rings. The molecule has 0 spiro atoms. The summed E-state index contributed by atoms with van der Waals surface area (Å²) in [5, 5.41) is 0. The summed E-state index contributed by atoms with van der Waals surface area (Å²) in [6.45, 7) is 11.3. The van der Waals surface area contributed by atoms with E-state index < -0.39 is 16.1 Å². The molecule has 0 unspecified atom stereocenters. The normalized spacial score (nSPS) is 8.10. The van der Waals surface area contributed by atoms with E-state index in [2.05, 4.69) is 68.8 Å². The first kappa shape index (κ1) is 17.8. The van der Waals surface area contributed by atoms with E-state index in [1.807, 2.05) is 40.8 Å². The predicted octanol–water partition coefficient (Wildman–Crippen LogP) is 2.48. The van der Waals surface area contributed by atoms with Crippen molar-refractivity contribution in [2.75, 3.05) is 0 Å². The van der Waals surface area contributed by atoms with Crippen LogP contribution in [0.25, 0.3) is 0 Å². The molecule has 0 saturated carbocycles. The second-order valence-electron chi connectivity index (χ2n) is 4.25. The zero-order valence-electron chi connectivity index (χ0n) is 13.0. The highest BCUT2D eigenvalue weighted by atomic mass is 28.3. The van der Waals surface area contributed by atoms with Crippen LogP contribution in [-0.2, 0) is 0 Å². The Morgan fingerprint density at radius 3 is 0.900 bits per heavy atom. The summed E-state index contributed by atoms with van der Waals surface area (Å²) in [5.74, 6) is 17.5. The fourth-order valence-corrected chi connectivity index (χ4v) is 4.50. The van der Waals surface area contributed by atoms with Gasteiger partial charge in [0.25, 0.3) is 16.1 Å². The Morgan fingerprint density at radius 2 is 0.700 bits per heavy atom. The predicted molar refractivity (Wildman–Crippen MR) is 92.6 cm³/mol. The van der Waals surface area contributed by atoms with Crippen molar-refractivity contribution in [1.29, 1.82) is 0 Å². The third-order valence-corrected chi connectivity index (χ3v) is 6.44. The first-order valence-corrected chi connectivity index (χ1v) is 11.2. The van der Waals surface area contributed by atoms with Gasteiger partial charge in [-0.05, 0) is 52.6 Å². The first-order valence-electron chi connectivity index (χ1n) is 6.25. The average molecular weight is 291 g/mol. The van der Waals surface area contributed by atoms with E-state index in [0.717, 1.165) is 0 Å². The van der Waals surface area contributed by atoms with E-state index in [4.69, 9.17) is 0 Å². The highest BCUT2D eigenvalue weighted by Gasteiger charge is 2.20. The van der Waals surface area contributed by atoms with Crippen LogP contribution in [0, 0.1) is 68.8 Å². The quantitative estimate of drug-likeness (QED) is 0.475. The highest BCUT2D eigenvalue weighted by Crippen LogP contribution is 1.98. The lowest BCUT2D eigenvalue weighted by Crippen LogP contribution is -2.25. The lowest BCUT2D eigenvalue weighted by Gasteiger charge is -2.02. The van der Waals surface area contributed by atoms with Crippen molar-refractivity contribution >= 4 is 16.1 Å². The average Bonchev–Trinajstić information content (AvgIpc) is 2.36. The third kappa shape index (κ3) is 6.65. The highest BCUT2D eigenvalue weighted by molar-refractivity contribution is 7.00. The smallest absolute Gasteiger partial charge is 0.111 e. The second-order valence-corrected chi connectivity index (χ2v) is 10.2. The van der Waals surface area contributed by atoms with Gasteiger partial charge in [-0.25, -0.2) is 0 Å². The van der Waals surface area contributed by atoms with Gasteiger partial charge >= 0.3 is 0 Å². The van der Waals surface area contributed by atoms with Gasteiger partial charge in [-0.1, -0.05) is 11.1 Å². The third-order valence-electron chi connectivity index (χ3n) is 2.19. The second kappa shape index (κ2) is 8.82. The summed E-state index contributed by atoms with van der Waals surface area (Å²) in [5.41, 5.74) is 18.8. The van der Waals surface area contributed by atoms with E-state index in [1.165, 1.54) is 0 Å². The van der Waals surface area contributed by atoms with Crippen molar-refractivity contribution in [3.05, 3.63) is 0 Å². The molecule has 0 aromatic heterocycles. The SMILES string of the molecule is CC#C[Si](C)(C#CC)C#CC#C[Si](C)(C#CC)C#CC. The van der Waals surface area contributed by atoms with Crippen molar-refractivity contribution in [3.8, 4) is 68.8 Å². The molecule has 0 aromatic carbocycles. The standard InChI is InChI=1S/C18H18Si2/c1-7-13-19(5,14-8-2)17-11-12-18-20(6,15-9-3)16-10-4/h1-6H3. The van der Waals surface area contributed by atoms with Gasteiger partial charge in [0.15, 0.2) is 0 Å². The molecule has 0 saturated heterocycles. The molecule has 0 radical (unpaired) electrons. The van der Waals surface area contributed by atoms with Crippen LogP contribution in [0.5, 0.6) is 0 Å². The van der Waals surface area contributed by atoms with Crippen LogP contribution in [0.3, 0.4) is 0 Å². The summed E-state index contributed by atoms with van der Waals surface area (Å²) in [4.78, 5) is 0. The van der Waals surface area contributed by atoms with Gasteiger partial charge in [-0.3, -0.25) is 0 Å². The molecule has 0 aliphatic rings. The van der Waals surface area contributed by atoms with Crippen molar-refractivity contribution in [2.45, 2.75) is 40.8 Å². The summed E-state index contributed by atoms with van der Waals surface area (Å²) >= 11 is 0. The van der Waals surface area contributed by atoms with E-state index >= 15 is 0 Å². The Labute approximate surface area is 126 Å². The van der Waals surface area contributed by atoms with Crippen molar-refractivity contribution in [2.24, 2.45) is 0 Å². The molecule has 0 N–H and O–H groups in total. The van der Waals surface area contributed by atoms with Crippen molar-refractivity contribution < 1.29 is 0 Å². The molecular weight excluding hydrogens is 272 g/mol. The zero-order valence-corrected chi connectivity index (χ0v) is 15.0. The van der Waals surface area contributed by atoms with E-state index in [0.29, 0.717) is 0 Å². The van der Waals surface area contributed by atoms with Gasteiger partial charge in [0.05, 0.1) is 0 Å². The maximum atomic E-state index is 3.15. The van der Waals surface area contributed by atoms with Crippen molar-refractivity contribution in [3.63, 3.8) is 0 Å². The fraction of sp³-hybridized carbons (Fsp3) is 0.333. The minimum atomic E-state index is -2.13. The van der Waals surface area contributed by atoms with Crippen molar-refractivity contribution in [1.82, 2.24) is 0 Å². The number of hydrogen-bond acceptors (Lipinski definition) is 0. The van der Waals surface area contributed by atoms with E-state index in [-0.39, 0.29) is 0 Å². The topological polar surface area (TPSA) is 0 Å². The Hall–Kier alpha value is -2.21. The largest absolute Gasteiger partial charge is 0.289 e. The Kier molecular flexibility index (Phi) is 7.85. The maximum Gasteiger partial charge on any atom is 0.289 e. The summed E-state index contributed by atoms with van der Waals surface area (Å²) in [6, 6.07) is 0. The molecule has 0 atom stereocenters. The summed E-state index contributed by atoms with van der Waals surface area (Å²) < 4.78 is 0. The minimum absolute atomic E-state index is 1.81. The Morgan fingerprint density at radius 1 is 0.450 bits per heavy atom. The summed E-state index contributed by atoms with van der Waals surface area (Å²) in [7, 11) is -4.25. The molecular formula is C18H18Si2. The Balaban J connectivity index is 5.45. The first-order chi connectivity index (χ1) is 9.45. The van der Waals surface area contributed by atoms with Crippen LogP contribution >= 0.6 is 0 Å². The molecule has 0 aromatic rings. The molecule has 2 heteroatoms. The van der Waals surface area contributed by atoms with Crippen LogP contribution in [-0.4, -0.2) is 16.1 Å². The van der Waals surface area contributed by atoms with Gasteiger partial charge in [-0.2, -0.15) is 0 Å². The zero-order chi connectivity index (χ0) is 15.5.